The molecule has 0 radical (unpaired) electrons. The normalized spacial score (nSPS) is 17.6. The molecule has 0 unspecified atom stereocenters. The van der Waals surface area contributed by atoms with Crippen LogP contribution < -0.4 is 5.32 Å². The quantitative estimate of drug-likeness (QED) is 0.924. The maximum absolute atomic E-state index is 8.89. The molecule has 4 nitrogen and oxygen atoms in total. The predicted molar refractivity (Wildman–Crippen MR) is 84.7 cm³/mol. The summed E-state index contributed by atoms with van der Waals surface area (Å²) in [7, 11) is 0. The van der Waals surface area contributed by atoms with E-state index >= 15 is 0 Å². The number of aromatic nitrogens is 1. The standard InChI is InChI=1S/C17H26N4/c1-17(2,3)20-12-14-5-8-21(9-6-14)13-15-4-7-19-16(10-15)11-18/h4,7,10,14,20H,5-6,8-9,12-13H2,1-3H3. The highest BCUT2D eigenvalue weighted by Gasteiger charge is 2.20. The van der Waals surface area contributed by atoms with Crippen molar-refractivity contribution < 1.29 is 0 Å². The number of nitrogens with one attached hydrogen (secondary N) is 1. The smallest absolute Gasteiger partial charge is 0.140 e. The fourth-order valence-corrected chi connectivity index (χ4v) is 2.69. The Labute approximate surface area is 128 Å². The maximum Gasteiger partial charge on any atom is 0.140 e. The summed E-state index contributed by atoms with van der Waals surface area (Å²) in [6.45, 7) is 11.0. The van der Waals surface area contributed by atoms with Gasteiger partial charge in [0.15, 0.2) is 0 Å². The van der Waals surface area contributed by atoms with E-state index in [1.807, 2.05) is 12.1 Å². The van der Waals surface area contributed by atoms with Crippen LogP contribution in [0.5, 0.6) is 0 Å². The Bertz CT molecular complexity index is 490. The van der Waals surface area contributed by atoms with Crippen molar-refractivity contribution in [1.29, 1.82) is 5.26 Å². The molecule has 0 amide bonds. The van der Waals surface area contributed by atoms with Crippen LogP contribution in [0.3, 0.4) is 0 Å². The number of nitriles is 1. The van der Waals surface area contributed by atoms with E-state index < -0.39 is 0 Å². The molecule has 1 fully saturated rings. The van der Waals surface area contributed by atoms with E-state index in [1.54, 1.807) is 6.20 Å². The third-order valence-electron chi connectivity index (χ3n) is 3.97. The highest BCUT2D eigenvalue weighted by atomic mass is 15.1. The molecule has 1 aliphatic heterocycles. The molecule has 1 aromatic rings. The fourth-order valence-electron chi connectivity index (χ4n) is 2.69. The van der Waals surface area contributed by atoms with Gasteiger partial charge in [-0.25, -0.2) is 4.98 Å². The van der Waals surface area contributed by atoms with Gasteiger partial charge in [-0.1, -0.05) is 0 Å². The Balaban J connectivity index is 1.77. The molecule has 0 saturated carbocycles. The molecule has 0 atom stereocenters. The van der Waals surface area contributed by atoms with E-state index in [1.165, 1.54) is 18.4 Å². The van der Waals surface area contributed by atoms with E-state index in [4.69, 9.17) is 5.26 Å². The van der Waals surface area contributed by atoms with Gasteiger partial charge in [-0.3, -0.25) is 4.90 Å². The molecule has 0 aliphatic carbocycles. The first-order chi connectivity index (χ1) is 9.96. The number of hydrogen-bond donors (Lipinski definition) is 1. The first-order valence-electron chi connectivity index (χ1n) is 7.79. The molecule has 1 aliphatic rings. The number of hydrogen-bond acceptors (Lipinski definition) is 4. The Morgan fingerprint density at radius 3 is 2.71 bits per heavy atom. The molecule has 114 valence electrons. The van der Waals surface area contributed by atoms with Crippen LogP contribution in [0.15, 0.2) is 18.3 Å². The highest BCUT2D eigenvalue weighted by Crippen LogP contribution is 2.19. The third kappa shape index (κ3) is 5.45. The van der Waals surface area contributed by atoms with Gasteiger partial charge in [0.1, 0.15) is 11.8 Å². The van der Waals surface area contributed by atoms with E-state index in [0.29, 0.717) is 5.69 Å². The van der Waals surface area contributed by atoms with E-state index in [9.17, 15) is 0 Å². The van der Waals surface area contributed by atoms with Gasteiger partial charge in [-0.2, -0.15) is 5.26 Å². The van der Waals surface area contributed by atoms with Gasteiger partial charge in [0, 0.05) is 18.3 Å². The minimum atomic E-state index is 0.210. The van der Waals surface area contributed by atoms with Crippen molar-refractivity contribution in [2.75, 3.05) is 19.6 Å². The second kappa shape index (κ2) is 7.02. The van der Waals surface area contributed by atoms with Gasteiger partial charge in [0.25, 0.3) is 0 Å². The molecule has 0 spiro atoms. The van der Waals surface area contributed by atoms with Gasteiger partial charge in [-0.05, 0) is 76.9 Å². The summed E-state index contributed by atoms with van der Waals surface area (Å²) in [5.74, 6) is 0.785. The maximum atomic E-state index is 8.89. The summed E-state index contributed by atoms with van der Waals surface area (Å²) in [5, 5.41) is 12.5. The zero-order valence-electron chi connectivity index (χ0n) is 13.4. The zero-order valence-corrected chi connectivity index (χ0v) is 13.4. The molecular formula is C17H26N4. The molecule has 1 N–H and O–H groups in total. The van der Waals surface area contributed by atoms with Crippen LogP contribution in [0.25, 0.3) is 0 Å². The molecule has 0 bridgehead atoms. The van der Waals surface area contributed by atoms with E-state index in [0.717, 1.165) is 32.1 Å². The minimum Gasteiger partial charge on any atom is -0.312 e. The van der Waals surface area contributed by atoms with E-state index in [-0.39, 0.29) is 5.54 Å². The minimum absolute atomic E-state index is 0.210. The van der Waals surface area contributed by atoms with Gasteiger partial charge < -0.3 is 5.32 Å². The van der Waals surface area contributed by atoms with Gasteiger partial charge in [0.2, 0.25) is 0 Å². The SMILES string of the molecule is CC(C)(C)NCC1CCN(Cc2ccnc(C#N)c2)CC1. The average Bonchev–Trinajstić information content (AvgIpc) is 2.46. The summed E-state index contributed by atoms with van der Waals surface area (Å²) in [5.41, 5.74) is 1.91. The molecule has 2 heterocycles. The number of pyridine rings is 1. The van der Waals surface area contributed by atoms with Crippen LogP contribution in [0.2, 0.25) is 0 Å². The molecule has 1 saturated heterocycles. The second-order valence-electron chi connectivity index (χ2n) is 7.01. The van der Waals surface area contributed by atoms with Crippen molar-refractivity contribution in [2.24, 2.45) is 5.92 Å². The summed E-state index contributed by atoms with van der Waals surface area (Å²) < 4.78 is 0. The largest absolute Gasteiger partial charge is 0.312 e. The first kappa shape index (κ1) is 15.9. The molecule has 21 heavy (non-hydrogen) atoms. The van der Waals surface area contributed by atoms with Crippen molar-refractivity contribution >= 4 is 0 Å². The molecular weight excluding hydrogens is 260 g/mol. The Hall–Kier alpha value is -1.44. The lowest BCUT2D eigenvalue weighted by Gasteiger charge is -2.33. The monoisotopic (exact) mass is 286 g/mol. The van der Waals surface area contributed by atoms with Crippen LogP contribution in [0, 0.1) is 17.2 Å². The topological polar surface area (TPSA) is 52.0 Å². The van der Waals surface area contributed by atoms with Crippen molar-refractivity contribution in [1.82, 2.24) is 15.2 Å². The number of likely N-dealkylation sites (tertiary alicyclic amines) is 1. The third-order valence-corrected chi connectivity index (χ3v) is 3.97. The van der Waals surface area contributed by atoms with Crippen LogP contribution in [-0.4, -0.2) is 35.1 Å². The molecule has 1 aromatic heterocycles. The van der Waals surface area contributed by atoms with Crippen LogP contribution in [0.4, 0.5) is 0 Å². The number of rotatable bonds is 4. The van der Waals surface area contributed by atoms with Crippen molar-refractivity contribution in [3.8, 4) is 6.07 Å². The average molecular weight is 286 g/mol. The van der Waals surface area contributed by atoms with Crippen molar-refractivity contribution in [2.45, 2.75) is 45.7 Å². The fraction of sp³-hybridized carbons (Fsp3) is 0.647. The first-order valence-corrected chi connectivity index (χ1v) is 7.79. The molecule has 2 rings (SSSR count). The van der Waals surface area contributed by atoms with Crippen LogP contribution in [0.1, 0.15) is 44.9 Å². The summed E-state index contributed by atoms with van der Waals surface area (Å²) in [4.78, 5) is 6.50. The van der Waals surface area contributed by atoms with Crippen molar-refractivity contribution in [3.05, 3.63) is 29.6 Å². The lowest BCUT2D eigenvalue weighted by atomic mass is 9.95. The highest BCUT2D eigenvalue weighted by molar-refractivity contribution is 5.25. The van der Waals surface area contributed by atoms with Gasteiger partial charge in [-0.15, -0.1) is 0 Å². The predicted octanol–water partition coefficient (Wildman–Crippen LogP) is 2.55. The Morgan fingerprint density at radius 1 is 1.38 bits per heavy atom. The Morgan fingerprint density at radius 2 is 2.10 bits per heavy atom. The molecule has 4 heteroatoms. The number of nitrogens with zero attached hydrogens (tertiary/aromatic N) is 3. The second-order valence-corrected chi connectivity index (χ2v) is 7.01. The van der Waals surface area contributed by atoms with Gasteiger partial charge >= 0.3 is 0 Å². The van der Waals surface area contributed by atoms with Crippen LogP contribution in [-0.2, 0) is 6.54 Å². The lowest BCUT2D eigenvalue weighted by Crippen LogP contribution is -2.42. The van der Waals surface area contributed by atoms with Crippen LogP contribution >= 0.6 is 0 Å². The Kier molecular flexibility index (Phi) is 5.33. The van der Waals surface area contributed by atoms with Crippen molar-refractivity contribution in [3.63, 3.8) is 0 Å². The molecule has 0 aromatic carbocycles. The van der Waals surface area contributed by atoms with Gasteiger partial charge in [0.05, 0.1) is 0 Å². The van der Waals surface area contributed by atoms with E-state index in [2.05, 4.69) is 42.0 Å². The zero-order chi connectivity index (χ0) is 15.3. The summed E-state index contributed by atoms with van der Waals surface area (Å²) in [6, 6.07) is 6.01. The summed E-state index contributed by atoms with van der Waals surface area (Å²) >= 11 is 0. The summed E-state index contributed by atoms with van der Waals surface area (Å²) in [6.07, 6.45) is 4.23. The number of piperidine rings is 1. The lowest BCUT2D eigenvalue weighted by molar-refractivity contribution is 0.170.